The van der Waals surface area contributed by atoms with Crippen molar-refractivity contribution in [2.45, 2.75) is 13.3 Å². The second-order valence-electron chi connectivity index (χ2n) is 3.56. The van der Waals surface area contributed by atoms with Gasteiger partial charge in [-0.2, -0.15) is 0 Å². The predicted molar refractivity (Wildman–Crippen MR) is 71.1 cm³/mol. The summed E-state index contributed by atoms with van der Waals surface area (Å²) in [6.45, 7) is 1.79. The highest BCUT2D eigenvalue weighted by molar-refractivity contribution is 9.10. The molecule has 0 aliphatic heterocycles. The molecule has 2 rings (SSSR count). The van der Waals surface area contributed by atoms with Gasteiger partial charge in [-0.3, -0.25) is 4.79 Å². The third kappa shape index (κ3) is 3.11. The zero-order chi connectivity index (χ0) is 13.1. The van der Waals surface area contributed by atoms with Gasteiger partial charge in [-0.25, -0.2) is 4.39 Å². The van der Waals surface area contributed by atoms with Crippen molar-refractivity contribution in [2.24, 2.45) is 0 Å². The smallest absolute Gasteiger partial charge is 0.230 e. The van der Waals surface area contributed by atoms with Crippen LogP contribution < -0.4 is 5.32 Å². The van der Waals surface area contributed by atoms with E-state index in [1.807, 2.05) is 0 Å². The molecule has 0 spiro atoms. The highest BCUT2D eigenvalue weighted by Gasteiger charge is 2.12. The van der Waals surface area contributed by atoms with E-state index < -0.39 is 5.82 Å². The Morgan fingerprint density at radius 3 is 2.94 bits per heavy atom. The summed E-state index contributed by atoms with van der Waals surface area (Å²) in [4.78, 5) is 11.7. The molecule has 0 aliphatic rings. The molecule has 0 aliphatic carbocycles. The molecular formula is C11H9BrFN3OS. The van der Waals surface area contributed by atoms with Crippen molar-refractivity contribution in [1.29, 1.82) is 0 Å². The molecule has 1 heterocycles. The van der Waals surface area contributed by atoms with Crippen molar-refractivity contribution in [1.82, 2.24) is 10.2 Å². The number of aromatic nitrogens is 2. The van der Waals surface area contributed by atoms with Gasteiger partial charge in [0.1, 0.15) is 10.8 Å². The molecule has 94 valence electrons. The van der Waals surface area contributed by atoms with E-state index in [4.69, 9.17) is 0 Å². The number of hydrogen-bond acceptors (Lipinski definition) is 4. The van der Waals surface area contributed by atoms with Crippen LogP contribution in [0.5, 0.6) is 0 Å². The quantitative estimate of drug-likeness (QED) is 0.941. The van der Waals surface area contributed by atoms with Crippen molar-refractivity contribution in [3.05, 3.63) is 39.1 Å². The van der Waals surface area contributed by atoms with Gasteiger partial charge in [0.05, 0.1) is 10.9 Å². The number of rotatable bonds is 3. The highest BCUT2D eigenvalue weighted by atomic mass is 79.9. The fourth-order valence-corrected chi connectivity index (χ4v) is 2.38. The van der Waals surface area contributed by atoms with Gasteiger partial charge in [0.15, 0.2) is 0 Å². The van der Waals surface area contributed by atoms with Crippen LogP contribution in [0.15, 0.2) is 22.7 Å². The Bertz CT molecular complexity index is 587. The summed E-state index contributed by atoms with van der Waals surface area (Å²) in [5, 5.41) is 11.3. The van der Waals surface area contributed by atoms with E-state index in [9.17, 15) is 9.18 Å². The van der Waals surface area contributed by atoms with Crippen molar-refractivity contribution in [3.63, 3.8) is 0 Å². The minimum absolute atomic E-state index is 0.0378. The first kappa shape index (κ1) is 13.1. The molecule has 1 aromatic heterocycles. The Labute approximate surface area is 115 Å². The molecule has 1 amide bonds. The number of carbonyl (C=O) groups is 1. The average Bonchev–Trinajstić information content (AvgIpc) is 2.70. The molecule has 1 N–H and O–H groups in total. The van der Waals surface area contributed by atoms with Crippen LogP contribution in [0.3, 0.4) is 0 Å². The number of hydrogen-bond donors (Lipinski definition) is 1. The molecule has 0 unspecified atom stereocenters. The summed E-state index contributed by atoms with van der Waals surface area (Å²) in [7, 11) is 0. The molecule has 0 bridgehead atoms. The first-order valence-corrected chi connectivity index (χ1v) is 6.70. The summed E-state index contributed by atoms with van der Waals surface area (Å²) in [5.41, 5.74) is 0.336. The van der Waals surface area contributed by atoms with Crippen LogP contribution in [0.25, 0.3) is 0 Å². The molecule has 18 heavy (non-hydrogen) atoms. The Hall–Kier alpha value is -1.34. The van der Waals surface area contributed by atoms with E-state index in [1.54, 1.807) is 25.1 Å². The standard InChI is InChI=1S/C11H9BrFN3OS/c1-6-15-16-11(18-6)14-9(17)5-7-3-2-4-8(12)10(7)13/h2-4H,5H2,1H3,(H,14,16,17). The SMILES string of the molecule is Cc1nnc(NC(=O)Cc2cccc(Br)c2F)s1. The molecular weight excluding hydrogens is 321 g/mol. The molecule has 0 radical (unpaired) electrons. The number of halogens is 2. The van der Waals surface area contributed by atoms with E-state index in [-0.39, 0.29) is 12.3 Å². The van der Waals surface area contributed by atoms with E-state index in [0.29, 0.717) is 15.2 Å². The van der Waals surface area contributed by atoms with Gasteiger partial charge >= 0.3 is 0 Å². The van der Waals surface area contributed by atoms with Crippen molar-refractivity contribution >= 4 is 38.3 Å². The van der Waals surface area contributed by atoms with Gasteiger partial charge in [-0.05, 0) is 34.5 Å². The molecule has 0 atom stereocenters. The van der Waals surface area contributed by atoms with Crippen LogP contribution in [0.2, 0.25) is 0 Å². The number of benzene rings is 1. The van der Waals surface area contributed by atoms with Crippen LogP contribution >= 0.6 is 27.3 Å². The van der Waals surface area contributed by atoms with Crippen LogP contribution in [0.4, 0.5) is 9.52 Å². The number of amides is 1. The zero-order valence-corrected chi connectivity index (χ0v) is 11.8. The maximum atomic E-state index is 13.7. The van der Waals surface area contributed by atoms with E-state index in [2.05, 4.69) is 31.4 Å². The highest BCUT2D eigenvalue weighted by Crippen LogP contribution is 2.20. The second kappa shape index (κ2) is 5.53. The number of carbonyl (C=O) groups excluding carboxylic acids is 1. The normalized spacial score (nSPS) is 10.4. The lowest BCUT2D eigenvalue weighted by Gasteiger charge is -2.04. The number of anilines is 1. The Morgan fingerprint density at radius 1 is 1.50 bits per heavy atom. The van der Waals surface area contributed by atoms with Crippen molar-refractivity contribution in [2.75, 3.05) is 5.32 Å². The number of aryl methyl sites for hydroxylation is 1. The lowest BCUT2D eigenvalue weighted by atomic mass is 10.1. The van der Waals surface area contributed by atoms with Gasteiger partial charge in [-0.1, -0.05) is 23.5 Å². The predicted octanol–water partition coefficient (Wildman–Crippen LogP) is 2.93. The topological polar surface area (TPSA) is 54.9 Å². The van der Waals surface area contributed by atoms with Crippen molar-refractivity contribution < 1.29 is 9.18 Å². The Balaban J connectivity index is 2.05. The van der Waals surface area contributed by atoms with Gasteiger partial charge in [0.2, 0.25) is 11.0 Å². The van der Waals surface area contributed by atoms with E-state index in [1.165, 1.54) is 11.3 Å². The van der Waals surface area contributed by atoms with Gasteiger partial charge in [0, 0.05) is 0 Å². The largest absolute Gasteiger partial charge is 0.300 e. The molecule has 2 aromatic rings. The fraction of sp³-hybridized carbons (Fsp3) is 0.182. The fourth-order valence-electron chi connectivity index (χ4n) is 1.37. The third-order valence-corrected chi connectivity index (χ3v) is 3.52. The monoisotopic (exact) mass is 329 g/mol. The van der Waals surface area contributed by atoms with Gasteiger partial charge < -0.3 is 5.32 Å². The minimum atomic E-state index is -0.416. The molecule has 4 nitrogen and oxygen atoms in total. The van der Waals surface area contributed by atoms with Gasteiger partial charge in [-0.15, -0.1) is 10.2 Å². The second-order valence-corrected chi connectivity index (χ2v) is 5.60. The summed E-state index contributed by atoms with van der Waals surface area (Å²) >= 11 is 4.36. The maximum absolute atomic E-state index is 13.7. The van der Waals surface area contributed by atoms with Crippen LogP contribution in [0, 0.1) is 12.7 Å². The number of nitrogens with zero attached hydrogens (tertiary/aromatic N) is 2. The van der Waals surface area contributed by atoms with E-state index >= 15 is 0 Å². The Kier molecular flexibility index (Phi) is 4.03. The van der Waals surface area contributed by atoms with Crippen molar-refractivity contribution in [3.8, 4) is 0 Å². The lowest BCUT2D eigenvalue weighted by Crippen LogP contribution is -2.15. The maximum Gasteiger partial charge on any atom is 0.230 e. The van der Waals surface area contributed by atoms with Crippen LogP contribution in [-0.4, -0.2) is 16.1 Å². The first-order valence-electron chi connectivity index (χ1n) is 5.09. The minimum Gasteiger partial charge on any atom is -0.300 e. The zero-order valence-electron chi connectivity index (χ0n) is 9.41. The third-order valence-electron chi connectivity index (χ3n) is 2.15. The molecule has 0 saturated heterocycles. The van der Waals surface area contributed by atoms with Crippen LogP contribution in [0.1, 0.15) is 10.6 Å². The Morgan fingerprint density at radius 2 is 2.28 bits per heavy atom. The molecule has 0 fully saturated rings. The summed E-state index contributed by atoms with van der Waals surface area (Å²) in [5.74, 6) is -0.732. The summed E-state index contributed by atoms with van der Waals surface area (Å²) < 4.78 is 14.0. The molecule has 1 aromatic carbocycles. The first-order chi connectivity index (χ1) is 8.56. The van der Waals surface area contributed by atoms with Gasteiger partial charge in [0.25, 0.3) is 0 Å². The lowest BCUT2D eigenvalue weighted by molar-refractivity contribution is -0.115. The summed E-state index contributed by atoms with van der Waals surface area (Å²) in [6, 6.07) is 4.85. The average molecular weight is 330 g/mol. The summed E-state index contributed by atoms with van der Waals surface area (Å²) in [6.07, 6.45) is -0.0378. The number of nitrogens with one attached hydrogen (secondary N) is 1. The van der Waals surface area contributed by atoms with Crippen LogP contribution in [-0.2, 0) is 11.2 Å². The molecule has 0 saturated carbocycles. The molecule has 7 heteroatoms. The van der Waals surface area contributed by atoms with E-state index in [0.717, 1.165) is 5.01 Å².